The van der Waals surface area contributed by atoms with Gasteiger partial charge in [0.2, 0.25) is 0 Å². The third-order valence-corrected chi connectivity index (χ3v) is 4.58. The van der Waals surface area contributed by atoms with E-state index < -0.39 is 7.60 Å². The summed E-state index contributed by atoms with van der Waals surface area (Å²) in [5.41, 5.74) is 0.838. The van der Waals surface area contributed by atoms with Crippen LogP contribution in [-0.4, -0.2) is 6.61 Å². The zero-order chi connectivity index (χ0) is 16.3. The molecule has 0 aromatic heterocycles. The standard InChI is InChI=1S/C18H21O3P.H2/c1-4-7-9-10-12-13-17-15-18(14-11-8-5-2)21-22(19,16-17)20-6-3;/h1,15-16H,5-6,8,11,13-14H2,2-3H3;1H. The Bertz CT molecular complexity index is 648. The van der Waals surface area contributed by atoms with Crippen molar-refractivity contribution in [3.8, 4) is 36.0 Å². The van der Waals surface area contributed by atoms with Gasteiger partial charge in [-0.2, -0.15) is 0 Å². The average Bonchev–Trinajstić information content (AvgIpc) is 2.47. The minimum absolute atomic E-state index is 0. The van der Waals surface area contributed by atoms with E-state index >= 15 is 0 Å². The van der Waals surface area contributed by atoms with E-state index in [2.05, 4.69) is 36.5 Å². The van der Waals surface area contributed by atoms with Crippen molar-refractivity contribution in [1.29, 1.82) is 0 Å². The highest BCUT2D eigenvalue weighted by atomic mass is 31.2. The van der Waals surface area contributed by atoms with Crippen LogP contribution in [0.1, 0.15) is 47.4 Å². The topological polar surface area (TPSA) is 35.5 Å². The molecule has 0 radical (unpaired) electrons. The first kappa shape index (κ1) is 18.2. The van der Waals surface area contributed by atoms with Gasteiger partial charge >= 0.3 is 7.60 Å². The van der Waals surface area contributed by atoms with Crippen molar-refractivity contribution < 1.29 is 15.0 Å². The van der Waals surface area contributed by atoms with Crippen molar-refractivity contribution in [2.45, 2.75) is 46.0 Å². The van der Waals surface area contributed by atoms with Gasteiger partial charge < -0.3 is 4.52 Å². The maximum atomic E-state index is 12.6. The lowest BCUT2D eigenvalue weighted by Crippen LogP contribution is -2.01. The van der Waals surface area contributed by atoms with Crippen LogP contribution >= 0.6 is 7.60 Å². The van der Waals surface area contributed by atoms with Crippen LogP contribution in [0, 0.1) is 36.0 Å². The van der Waals surface area contributed by atoms with Gasteiger partial charge in [-0.25, -0.2) is 4.57 Å². The molecule has 0 aliphatic carbocycles. The molecule has 0 saturated heterocycles. The molecule has 0 fully saturated rings. The Morgan fingerprint density at radius 2 is 2.14 bits per heavy atom. The summed E-state index contributed by atoms with van der Waals surface area (Å²) < 4.78 is 23.4. The zero-order valence-electron chi connectivity index (χ0n) is 13.1. The molecule has 1 heterocycles. The summed E-state index contributed by atoms with van der Waals surface area (Å²) in [5, 5.41) is 0. The van der Waals surface area contributed by atoms with Crippen molar-refractivity contribution in [2.24, 2.45) is 0 Å². The van der Waals surface area contributed by atoms with Crippen LogP contribution in [0.15, 0.2) is 23.2 Å². The molecule has 1 aliphatic heterocycles. The normalized spacial score (nSPS) is 19.3. The third kappa shape index (κ3) is 6.74. The van der Waals surface area contributed by atoms with Gasteiger partial charge in [0.1, 0.15) is 5.76 Å². The minimum Gasteiger partial charge on any atom is -0.426 e. The molecule has 0 saturated carbocycles. The van der Waals surface area contributed by atoms with Gasteiger partial charge in [0, 0.05) is 20.1 Å². The van der Waals surface area contributed by atoms with Crippen molar-refractivity contribution >= 4 is 7.60 Å². The van der Waals surface area contributed by atoms with Crippen LogP contribution in [0.2, 0.25) is 0 Å². The Kier molecular flexibility index (Phi) is 8.25. The lowest BCUT2D eigenvalue weighted by atomic mass is 10.1. The molecule has 0 amide bonds. The second-order valence-electron chi connectivity index (χ2n) is 4.69. The fourth-order valence-electron chi connectivity index (χ4n) is 1.93. The number of rotatable bonds is 7. The van der Waals surface area contributed by atoms with Crippen LogP contribution in [0.4, 0.5) is 0 Å². The molecule has 1 unspecified atom stereocenters. The highest BCUT2D eigenvalue weighted by Gasteiger charge is 2.27. The van der Waals surface area contributed by atoms with Crippen LogP contribution in [-0.2, 0) is 13.6 Å². The first-order valence-electron chi connectivity index (χ1n) is 7.43. The number of hydrogen-bond donors (Lipinski definition) is 0. The highest BCUT2D eigenvalue weighted by Crippen LogP contribution is 2.55. The first-order valence-corrected chi connectivity index (χ1v) is 9.04. The summed E-state index contributed by atoms with van der Waals surface area (Å²) in [4.78, 5) is 0. The molecule has 0 aromatic carbocycles. The molecule has 3 nitrogen and oxygen atoms in total. The lowest BCUT2D eigenvalue weighted by molar-refractivity contribution is 0.251. The summed E-state index contributed by atoms with van der Waals surface area (Å²) in [6.45, 7) is 4.27. The van der Waals surface area contributed by atoms with Gasteiger partial charge in [-0.05, 0) is 48.7 Å². The molecule has 0 spiro atoms. The molecule has 1 rings (SSSR count). The van der Waals surface area contributed by atoms with E-state index in [4.69, 9.17) is 15.5 Å². The van der Waals surface area contributed by atoms with Gasteiger partial charge in [-0.15, -0.1) is 6.42 Å². The summed E-state index contributed by atoms with van der Waals surface area (Å²) in [6.07, 6.45) is 11.3. The maximum absolute atomic E-state index is 12.6. The van der Waals surface area contributed by atoms with Crippen molar-refractivity contribution in [3.63, 3.8) is 0 Å². The molecular formula is C18H23O3P. The molecule has 0 N–H and O–H groups in total. The third-order valence-electron chi connectivity index (χ3n) is 2.83. The highest BCUT2D eigenvalue weighted by molar-refractivity contribution is 7.57. The van der Waals surface area contributed by atoms with E-state index in [1.807, 2.05) is 6.08 Å². The molecule has 0 aromatic rings. The SMILES string of the molecule is C#CC#CC#CCC1=CP(=O)(OCC)OC(CCCCC)=C1.[HH]. The van der Waals surface area contributed by atoms with Gasteiger partial charge in [-0.3, -0.25) is 4.52 Å². The van der Waals surface area contributed by atoms with Crippen molar-refractivity contribution in [2.75, 3.05) is 6.61 Å². The molecular weight excluding hydrogens is 295 g/mol. The summed E-state index contributed by atoms with van der Waals surface area (Å²) in [6, 6.07) is 0. The molecule has 22 heavy (non-hydrogen) atoms. The van der Waals surface area contributed by atoms with Gasteiger partial charge in [0.25, 0.3) is 0 Å². The van der Waals surface area contributed by atoms with Gasteiger partial charge in [0.05, 0.1) is 6.61 Å². The molecule has 4 heteroatoms. The quantitative estimate of drug-likeness (QED) is 0.381. The summed E-state index contributed by atoms with van der Waals surface area (Å²) in [5.74, 6) is 15.0. The Morgan fingerprint density at radius 1 is 1.32 bits per heavy atom. The van der Waals surface area contributed by atoms with Crippen molar-refractivity contribution in [1.82, 2.24) is 0 Å². The number of allylic oxidation sites excluding steroid dienone is 3. The summed E-state index contributed by atoms with van der Waals surface area (Å²) in [7, 11) is -3.20. The van der Waals surface area contributed by atoms with E-state index in [9.17, 15) is 4.57 Å². The smallest absolute Gasteiger partial charge is 0.403 e. The number of terminal acetylenes is 1. The number of hydrogen-bond acceptors (Lipinski definition) is 3. The predicted octanol–water partition coefficient (Wildman–Crippen LogP) is 4.87. The Labute approximate surface area is 135 Å². The van der Waals surface area contributed by atoms with E-state index in [0.29, 0.717) is 18.8 Å². The lowest BCUT2D eigenvalue weighted by Gasteiger charge is -2.22. The Morgan fingerprint density at radius 3 is 2.82 bits per heavy atom. The molecule has 0 bridgehead atoms. The van der Waals surface area contributed by atoms with E-state index in [0.717, 1.165) is 31.3 Å². The van der Waals surface area contributed by atoms with Crippen LogP contribution in [0.5, 0.6) is 0 Å². The molecule has 1 aliphatic rings. The second kappa shape index (κ2) is 9.97. The van der Waals surface area contributed by atoms with E-state index in [1.54, 1.807) is 12.7 Å². The fourth-order valence-corrected chi connectivity index (χ4v) is 3.51. The zero-order valence-corrected chi connectivity index (χ0v) is 14.0. The van der Waals surface area contributed by atoms with Gasteiger partial charge in [-0.1, -0.05) is 25.7 Å². The Balaban J connectivity index is 0.00000484. The Hall–Kier alpha value is -1.85. The van der Waals surface area contributed by atoms with Crippen LogP contribution in [0.25, 0.3) is 0 Å². The van der Waals surface area contributed by atoms with Crippen molar-refractivity contribution in [3.05, 3.63) is 23.2 Å². The maximum Gasteiger partial charge on any atom is 0.403 e. The van der Waals surface area contributed by atoms with Crippen LogP contribution in [0.3, 0.4) is 0 Å². The molecule has 1 atom stereocenters. The fraction of sp³-hybridized carbons (Fsp3) is 0.444. The molecule has 118 valence electrons. The first-order chi connectivity index (χ1) is 10.6. The monoisotopic (exact) mass is 318 g/mol. The number of unbranched alkanes of at least 4 members (excludes halogenated alkanes) is 2. The summed E-state index contributed by atoms with van der Waals surface area (Å²) >= 11 is 0. The minimum atomic E-state index is -3.20. The van der Waals surface area contributed by atoms with Crippen LogP contribution < -0.4 is 0 Å². The van der Waals surface area contributed by atoms with E-state index in [-0.39, 0.29) is 1.43 Å². The second-order valence-corrected chi connectivity index (χ2v) is 6.47. The van der Waals surface area contributed by atoms with E-state index in [1.165, 1.54) is 0 Å². The largest absolute Gasteiger partial charge is 0.426 e. The van der Waals surface area contributed by atoms with Gasteiger partial charge in [0.15, 0.2) is 0 Å². The predicted molar refractivity (Wildman–Crippen MR) is 91.7 cm³/mol. The average molecular weight is 318 g/mol.